The van der Waals surface area contributed by atoms with Gasteiger partial charge in [-0.1, -0.05) is 56.3 Å². The molecule has 188 valence electrons. The molecule has 2 aliphatic rings. The molecule has 2 saturated heterocycles. The minimum absolute atomic E-state index is 0.0798. The maximum Gasteiger partial charge on any atom is 0.243 e. The topological polar surface area (TPSA) is 86.8 Å². The second-order valence-corrected chi connectivity index (χ2v) is 11.8. The van der Waals surface area contributed by atoms with Crippen LogP contribution in [0.5, 0.6) is 0 Å². The molecule has 2 aromatic carbocycles. The molecule has 0 saturated carbocycles. The van der Waals surface area contributed by atoms with Crippen LogP contribution in [0, 0.1) is 5.92 Å². The van der Waals surface area contributed by atoms with E-state index in [9.17, 15) is 18.0 Å². The van der Waals surface area contributed by atoms with E-state index in [1.807, 2.05) is 47.4 Å². The Morgan fingerprint density at radius 1 is 0.971 bits per heavy atom. The SMILES string of the molecule is CC(C)c1ccc(S(=O)(=O)N2CCC(C(=O)NC(CN3CCCC3=O)c3ccccc3)CC2)cc1. The van der Waals surface area contributed by atoms with Crippen molar-refractivity contribution in [1.82, 2.24) is 14.5 Å². The number of amides is 2. The molecular formula is C27H35N3O4S. The van der Waals surface area contributed by atoms with E-state index in [1.165, 1.54) is 4.31 Å². The average Bonchev–Trinajstić information content (AvgIpc) is 3.28. The van der Waals surface area contributed by atoms with Crippen LogP contribution in [0.25, 0.3) is 0 Å². The standard InChI is InChI=1S/C27H35N3O4S/c1-20(2)21-10-12-24(13-11-21)35(33,34)30-17-14-23(15-18-30)27(32)28-25(22-7-4-3-5-8-22)19-29-16-6-9-26(29)31/h3-5,7-8,10-13,20,23,25H,6,9,14-19H2,1-2H3,(H,28,32). The van der Waals surface area contributed by atoms with Gasteiger partial charge in [-0.15, -0.1) is 0 Å². The van der Waals surface area contributed by atoms with Gasteiger partial charge in [0.05, 0.1) is 10.9 Å². The van der Waals surface area contributed by atoms with Gasteiger partial charge in [0.25, 0.3) is 0 Å². The molecule has 8 heteroatoms. The van der Waals surface area contributed by atoms with Gasteiger partial charge in [0.2, 0.25) is 21.8 Å². The lowest BCUT2D eigenvalue weighted by Crippen LogP contribution is -2.45. The molecule has 1 unspecified atom stereocenters. The Balaban J connectivity index is 1.38. The summed E-state index contributed by atoms with van der Waals surface area (Å²) in [6.45, 7) is 5.94. The molecule has 0 radical (unpaired) electrons. The van der Waals surface area contributed by atoms with Crippen molar-refractivity contribution < 1.29 is 18.0 Å². The van der Waals surface area contributed by atoms with Crippen LogP contribution in [0.2, 0.25) is 0 Å². The zero-order valence-corrected chi connectivity index (χ0v) is 21.3. The van der Waals surface area contributed by atoms with Gasteiger partial charge in [0.1, 0.15) is 0 Å². The zero-order chi connectivity index (χ0) is 25.0. The summed E-state index contributed by atoms with van der Waals surface area (Å²) in [5.41, 5.74) is 2.06. The van der Waals surface area contributed by atoms with E-state index in [1.54, 1.807) is 12.1 Å². The summed E-state index contributed by atoms with van der Waals surface area (Å²) in [6, 6.07) is 16.5. The molecule has 0 aliphatic carbocycles. The van der Waals surface area contributed by atoms with Crippen LogP contribution in [-0.2, 0) is 19.6 Å². The summed E-state index contributed by atoms with van der Waals surface area (Å²) < 4.78 is 27.7. The predicted octanol–water partition coefficient (Wildman–Crippen LogP) is 3.69. The van der Waals surface area contributed by atoms with Crippen molar-refractivity contribution in [3.05, 3.63) is 65.7 Å². The number of nitrogens with one attached hydrogen (secondary N) is 1. The quantitative estimate of drug-likeness (QED) is 0.603. The highest BCUT2D eigenvalue weighted by molar-refractivity contribution is 7.89. The Labute approximate surface area is 208 Å². The van der Waals surface area contributed by atoms with E-state index in [4.69, 9.17) is 0 Å². The molecule has 2 heterocycles. The Hall–Kier alpha value is -2.71. The third kappa shape index (κ3) is 5.93. The fraction of sp³-hybridized carbons (Fsp3) is 0.481. The predicted molar refractivity (Wildman–Crippen MR) is 135 cm³/mol. The number of sulfonamides is 1. The zero-order valence-electron chi connectivity index (χ0n) is 20.5. The summed E-state index contributed by atoms with van der Waals surface area (Å²) in [4.78, 5) is 27.5. The van der Waals surface area contributed by atoms with Crippen LogP contribution >= 0.6 is 0 Å². The molecule has 2 aromatic rings. The third-order valence-corrected chi connectivity index (χ3v) is 9.01. The van der Waals surface area contributed by atoms with Crippen molar-refractivity contribution in [2.75, 3.05) is 26.2 Å². The van der Waals surface area contributed by atoms with Crippen LogP contribution < -0.4 is 5.32 Å². The van der Waals surface area contributed by atoms with E-state index < -0.39 is 10.0 Å². The first-order valence-corrected chi connectivity index (χ1v) is 13.9. The number of rotatable bonds is 8. The number of carbonyl (C=O) groups excluding carboxylic acids is 2. The Morgan fingerprint density at radius 2 is 1.63 bits per heavy atom. The first-order chi connectivity index (χ1) is 16.8. The van der Waals surface area contributed by atoms with Gasteiger partial charge in [-0.3, -0.25) is 9.59 Å². The normalized spacial score (nSPS) is 18.7. The minimum Gasteiger partial charge on any atom is -0.347 e. The van der Waals surface area contributed by atoms with Crippen molar-refractivity contribution in [3.8, 4) is 0 Å². The highest BCUT2D eigenvalue weighted by Crippen LogP contribution is 2.26. The highest BCUT2D eigenvalue weighted by Gasteiger charge is 2.33. The van der Waals surface area contributed by atoms with Crippen molar-refractivity contribution in [2.45, 2.75) is 56.4 Å². The fourth-order valence-electron chi connectivity index (χ4n) is 4.86. The summed E-state index contributed by atoms with van der Waals surface area (Å²) in [5, 5.41) is 3.15. The molecule has 35 heavy (non-hydrogen) atoms. The van der Waals surface area contributed by atoms with Crippen LogP contribution in [0.3, 0.4) is 0 Å². The molecule has 0 spiro atoms. The van der Waals surface area contributed by atoms with Crippen molar-refractivity contribution >= 4 is 21.8 Å². The number of piperidine rings is 1. The number of hydrogen-bond acceptors (Lipinski definition) is 4. The maximum absolute atomic E-state index is 13.2. The number of carbonyl (C=O) groups is 2. The van der Waals surface area contributed by atoms with E-state index >= 15 is 0 Å². The van der Waals surface area contributed by atoms with Gasteiger partial charge in [-0.05, 0) is 48.4 Å². The maximum atomic E-state index is 13.2. The van der Waals surface area contributed by atoms with Gasteiger partial charge < -0.3 is 10.2 Å². The van der Waals surface area contributed by atoms with Gasteiger partial charge >= 0.3 is 0 Å². The van der Waals surface area contributed by atoms with Crippen molar-refractivity contribution in [3.63, 3.8) is 0 Å². The molecule has 1 atom stereocenters. The van der Waals surface area contributed by atoms with E-state index in [-0.39, 0.29) is 23.8 Å². The van der Waals surface area contributed by atoms with Crippen LogP contribution in [-0.4, -0.2) is 55.6 Å². The number of hydrogen-bond donors (Lipinski definition) is 1. The summed E-state index contributed by atoms with van der Waals surface area (Å²) in [5.74, 6) is 0.124. The number of nitrogens with zero attached hydrogens (tertiary/aromatic N) is 2. The van der Waals surface area contributed by atoms with Gasteiger partial charge in [0.15, 0.2) is 0 Å². The van der Waals surface area contributed by atoms with Crippen LogP contribution in [0.15, 0.2) is 59.5 Å². The molecule has 2 amide bonds. The second kappa shape index (κ2) is 10.9. The average molecular weight is 498 g/mol. The second-order valence-electron chi connectivity index (χ2n) is 9.82. The molecule has 1 N–H and O–H groups in total. The van der Waals surface area contributed by atoms with Crippen molar-refractivity contribution in [2.24, 2.45) is 5.92 Å². The molecule has 4 rings (SSSR count). The first kappa shape index (κ1) is 25.4. The smallest absolute Gasteiger partial charge is 0.243 e. The summed E-state index contributed by atoms with van der Waals surface area (Å²) in [7, 11) is -3.58. The Kier molecular flexibility index (Phi) is 7.91. The third-order valence-electron chi connectivity index (χ3n) is 7.10. The molecule has 7 nitrogen and oxygen atoms in total. The lowest BCUT2D eigenvalue weighted by molar-refractivity contribution is -0.130. The van der Waals surface area contributed by atoms with Crippen LogP contribution in [0.4, 0.5) is 0 Å². The largest absolute Gasteiger partial charge is 0.347 e. The lowest BCUT2D eigenvalue weighted by atomic mass is 9.96. The number of benzene rings is 2. The summed E-state index contributed by atoms with van der Waals surface area (Å²) in [6.07, 6.45) is 2.35. The molecule has 0 aromatic heterocycles. The van der Waals surface area contributed by atoms with E-state index in [0.29, 0.717) is 56.3 Å². The van der Waals surface area contributed by atoms with E-state index in [2.05, 4.69) is 19.2 Å². The Bertz CT molecular complexity index is 1120. The van der Waals surface area contributed by atoms with Gasteiger partial charge in [-0.2, -0.15) is 4.31 Å². The Morgan fingerprint density at radius 3 is 2.20 bits per heavy atom. The van der Waals surface area contributed by atoms with Crippen LogP contribution in [0.1, 0.15) is 62.6 Å². The monoisotopic (exact) mass is 497 g/mol. The van der Waals surface area contributed by atoms with Gasteiger partial charge in [-0.25, -0.2) is 8.42 Å². The van der Waals surface area contributed by atoms with E-state index in [0.717, 1.165) is 17.5 Å². The molecule has 2 aliphatic heterocycles. The van der Waals surface area contributed by atoms with Crippen molar-refractivity contribution in [1.29, 1.82) is 0 Å². The molecule has 2 fully saturated rings. The fourth-order valence-corrected chi connectivity index (χ4v) is 6.33. The lowest BCUT2D eigenvalue weighted by Gasteiger charge is -2.32. The minimum atomic E-state index is -3.58. The first-order valence-electron chi connectivity index (χ1n) is 12.5. The van der Waals surface area contributed by atoms with Gasteiger partial charge in [0, 0.05) is 38.5 Å². The molecular weight excluding hydrogens is 462 g/mol. The summed E-state index contributed by atoms with van der Waals surface area (Å²) >= 11 is 0. The molecule has 0 bridgehead atoms. The highest BCUT2D eigenvalue weighted by atomic mass is 32.2. The number of likely N-dealkylation sites (tertiary alicyclic amines) is 1.